The van der Waals surface area contributed by atoms with Crippen LogP contribution in [0.5, 0.6) is 0 Å². The second-order valence-corrected chi connectivity index (χ2v) is 2.27. The summed E-state index contributed by atoms with van der Waals surface area (Å²) in [6.07, 6.45) is 1.69. The van der Waals surface area contributed by atoms with E-state index in [1.54, 1.807) is 6.20 Å². The predicted molar refractivity (Wildman–Crippen MR) is 40.6 cm³/mol. The first-order valence-electron chi connectivity index (χ1n) is 3.29. The van der Waals surface area contributed by atoms with Gasteiger partial charge in [0.1, 0.15) is 0 Å². The van der Waals surface area contributed by atoms with Gasteiger partial charge in [0, 0.05) is 13.1 Å². The maximum absolute atomic E-state index is 10.5. The molecule has 0 spiro atoms. The lowest BCUT2D eigenvalue weighted by Crippen LogP contribution is -2.19. The SMILES string of the molecule is [CH2]c1c[nH]nc1CNC(C)=O. The third-order valence-electron chi connectivity index (χ3n) is 1.31. The van der Waals surface area contributed by atoms with E-state index in [0.29, 0.717) is 6.54 Å². The summed E-state index contributed by atoms with van der Waals surface area (Å²) in [5.74, 6) is -0.0626. The molecule has 1 amide bonds. The lowest BCUT2D eigenvalue weighted by molar-refractivity contribution is -0.119. The molecule has 2 N–H and O–H groups in total. The average molecular weight is 152 g/mol. The largest absolute Gasteiger partial charge is 0.351 e. The van der Waals surface area contributed by atoms with Crippen LogP contribution in [0, 0.1) is 6.92 Å². The highest BCUT2D eigenvalue weighted by molar-refractivity contribution is 5.72. The molecule has 0 aromatic carbocycles. The summed E-state index contributed by atoms with van der Waals surface area (Å²) < 4.78 is 0. The normalized spacial score (nSPS) is 9.64. The van der Waals surface area contributed by atoms with Crippen molar-refractivity contribution in [2.45, 2.75) is 13.5 Å². The van der Waals surface area contributed by atoms with Crippen molar-refractivity contribution in [2.75, 3.05) is 0 Å². The van der Waals surface area contributed by atoms with Gasteiger partial charge in [-0.2, -0.15) is 5.10 Å². The van der Waals surface area contributed by atoms with Crippen molar-refractivity contribution in [1.29, 1.82) is 0 Å². The minimum atomic E-state index is -0.0626. The van der Waals surface area contributed by atoms with Crippen molar-refractivity contribution >= 4 is 5.91 Å². The molecule has 0 bridgehead atoms. The first-order valence-corrected chi connectivity index (χ1v) is 3.29. The van der Waals surface area contributed by atoms with Crippen molar-refractivity contribution < 1.29 is 4.79 Å². The van der Waals surface area contributed by atoms with E-state index in [9.17, 15) is 4.79 Å². The summed E-state index contributed by atoms with van der Waals surface area (Å²) in [6, 6.07) is 0. The Kier molecular flexibility index (Phi) is 2.25. The summed E-state index contributed by atoms with van der Waals surface area (Å²) in [5, 5.41) is 9.17. The molecular formula is C7H10N3O. The number of carbonyl (C=O) groups is 1. The molecule has 59 valence electrons. The molecule has 4 nitrogen and oxygen atoms in total. The van der Waals surface area contributed by atoms with E-state index in [2.05, 4.69) is 22.4 Å². The monoisotopic (exact) mass is 152 g/mol. The fraction of sp³-hybridized carbons (Fsp3) is 0.286. The molecule has 0 aliphatic rings. The van der Waals surface area contributed by atoms with E-state index in [1.807, 2.05) is 0 Å². The topological polar surface area (TPSA) is 57.8 Å². The van der Waals surface area contributed by atoms with Gasteiger partial charge in [-0.3, -0.25) is 9.89 Å². The first-order chi connectivity index (χ1) is 5.20. The number of nitrogens with one attached hydrogen (secondary N) is 2. The van der Waals surface area contributed by atoms with Gasteiger partial charge in [-0.1, -0.05) is 0 Å². The Bertz CT molecular complexity index is 254. The third-order valence-corrected chi connectivity index (χ3v) is 1.31. The van der Waals surface area contributed by atoms with E-state index < -0.39 is 0 Å². The van der Waals surface area contributed by atoms with Crippen LogP contribution < -0.4 is 5.32 Å². The zero-order valence-corrected chi connectivity index (χ0v) is 6.35. The molecule has 0 saturated carbocycles. The first kappa shape index (κ1) is 7.78. The van der Waals surface area contributed by atoms with Crippen LogP contribution >= 0.6 is 0 Å². The quantitative estimate of drug-likeness (QED) is 0.637. The molecule has 0 aliphatic heterocycles. The zero-order valence-electron chi connectivity index (χ0n) is 6.35. The summed E-state index contributed by atoms with van der Waals surface area (Å²) in [6.45, 7) is 5.62. The van der Waals surface area contributed by atoms with Gasteiger partial charge in [0.05, 0.1) is 12.2 Å². The summed E-state index contributed by atoms with van der Waals surface area (Å²) in [5.41, 5.74) is 1.60. The van der Waals surface area contributed by atoms with E-state index in [0.717, 1.165) is 11.3 Å². The third kappa shape index (κ3) is 2.07. The van der Waals surface area contributed by atoms with E-state index >= 15 is 0 Å². The van der Waals surface area contributed by atoms with Gasteiger partial charge in [-0.05, 0) is 12.5 Å². The number of carbonyl (C=O) groups excluding carboxylic acids is 1. The van der Waals surface area contributed by atoms with Crippen LogP contribution in [0.15, 0.2) is 6.20 Å². The van der Waals surface area contributed by atoms with Crippen molar-refractivity contribution in [3.05, 3.63) is 24.4 Å². The van der Waals surface area contributed by atoms with Gasteiger partial charge in [0.25, 0.3) is 0 Å². The molecule has 1 rings (SSSR count). The molecule has 0 aliphatic carbocycles. The Morgan fingerprint density at radius 1 is 1.91 bits per heavy atom. The number of nitrogens with zero attached hydrogens (tertiary/aromatic N) is 1. The fourth-order valence-electron chi connectivity index (χ4n) is 0.704. The van der Waals surface area contributed by atoms with Crippen LogP contribution in [0.25, 0.3) is 0 Å². The molecule has 1 aromatic rings. The van der Waals surface area contributed by atoms with Crippen molar-refractivity contribution in [3.63, 3.8) is 0 Å². The van der Waals surface area contributed by atoms with Crippen LogP contribution in [0.1, 0.15) is 18.2 Å². The Labute approximate surface area is 65.0 Å². The van der Waals surface area contributed by atoms with Gasteiger partial charge in [-0.15, -0.1) is 0 Å². The standard InChI is InChI=1S/C7H10N3O/c1-5-3-9-10-7(5)4-8-6(2)11/h3H,1,4H2,2H3,(H,8,11)(H,9,10). The Morgan fingerprint density at radius 2 is 2.64 bits per heavy atom. The number of rotatable bonds is 2. The van der Waals surface area contributed by atoms with Crippen molar-refractivity contribution in [2.24, 2.45) is 0 Å². The van der Waals surface area contributed by atoms with Crippen molar-refractivity contribution in [1.82, 2.24) is 15.5 Å². The maximum atomic E-state index is 10.5. The zero-order chi connectivity index (χ0) is 8.27. The molecule has 11 heavy (non-hydrogen) atoms. The molecule has 0 atom stereocenters. The smallest absolute Gasteiger partial charge is 0.217 e. The van der Waals surface area contributed by atoms with E-state index in [1.165, 1.54) is 6.92 Å². The molecule has 0 unspecified atom stereocenters. The average Bonchev–Trinajstić information content (AvgIpc) is 2.31. The molecule has 1 radical (unpaired) electrons. The molecule has 0 saturated heterocycles. The number of hydrogen-bond acceptors (Lipinski definition) is 2. The lowest BCUT2D eigenvalue weighted by atomic mass is 10.3. The van der Waals surface area contributed by atoms with Gasteiger partial charge in [0.2, 0.25) is 5.91 Å². The minimum absolute atomic E-state index is 0.0626. The van der Waals surface area contributed by atoms with Crippen LogP contribution in [0.3, 0.4) is 0 Å². The minimum Gasteiger partial charge on any atom is -0.351 e. The molecule has 1 heterocycles. The van der Waals surface area contributed by atoms with Crippen LogP contribution in [0.2, 0.25) is 0 Å². The van der Waals surface area contributed by atoms with Gasteiger partial charge in [-0.25, -0.2) is 0 Å². The fourth-order valence-corrected chi connectivity index (χ4v) is 0.704. The highest BCUT2D eigenvalue weighted by Crippen LogP contribution is 2.00. The number of aromatic nitrogens is 2. The van der Waals surface area contributed by atoms with Crippen molar-refractivity contribution in [3.8, 4) is 0 Å². The molecular weight excluding hydrogens is 142 g/mol. The second kappa shape index (κ2) is 3.18. The van der Waals surface area contributed by atoms with E-state index in [4.69, 9.17) is 0 Å². The van der Waals surface area contributed by atoms with Gasteiger partial charge in [0.15, 0.2) is 0 Å². The van der Waals surface area contributed by atoms with E-state index in [-0.39, 0.29) is 5.91 Å². The number of amides is 1. The Morgan fingerprint density at radius 3 is 3.09 bits per heavy atom. The van der Waals surface area contributed by atoms with Crippen LogP contribution in [-0.4, -0.2) is 16.1 Å². The Balaban J connectivity index is 2.51. The summed E-state index contributed by atoms with van der Waals surface area (Å²) >= 11 is 0. The number of aromatic amines is 1. The predicted octanol–water partition coefficient (Wildman–Crippen LogP) is 0.228. The molecule has 0 fully saturated rings. The highest BCUT2D eigenvalue weighted by atomic mass is 16.1. The number of H-pyrrole nitrogens is 1. The maximum Gasteiger partial charge on any atom is 0.217 e. The number of hydrogen-bond donors (Lipinski definition) is 2. The second-order valence-electron chi connectivity index (χ2n) is 2.27. The van der Waals surface area contributed by atoms with Crippen LogP contribution in [0.4, 0.5) is 0 Å². The summed E-state index contributed by atoms with van der Waals surface area (Å²) in [4.78, 5) is 10.5. The molecule has 4 heteroatoms. The Hall–Kier alpha value is -1.32. The summed E-state index contributed by atoms with van der Waals surface area (Å²) in [7, 11) is 0. The lowest BCUT2D eigenvalue weighted by Gasteiger charge is -1.97. The van der Waals surface area contributed by atoms with Crippen LogP contribution in [-0.2, 0) is 11.3 Å². The highest BCUT2D eigenvalue weighted by Gasteiger charge is 2.00. The molecule has 1 aromatic heterocycles. The van der Waals surface area contributed by atoms with Gasteiger partial charge >= 0.3 is 0 Å². The van der Waals surface area contributed by atoms with Gasteiger partial charge < -0.3 is 5.32 Å².